The molecule has 0 radical (unpaired) electrons. The Bertz CT molecular complexity index is 1010. The Labute approximate surface area is 170 Å². The van der Waals surface area contributed by atoms with Crippen molar-refractivity contribution >= 4 is 23.2 Å². The number of fused-ring (bicyclic) bond motifs is 1. The van der Waals surface area contributed by atoms with Crippen LogP contribution in [0.2, 0.25) is 5.02 Å². The zero-order valence-electron chi connectivity index (χ0n) is 15.8. The first-order chi connectivity index (χ1) is 13.7. The van der Waals surface area contributed by atoms with Crippen LogP contribution in [-0.4, -0.2) is 13.0 Å². The first-order valence-electron chi connectivity index (χ1n) is 9.52. The van der Waals surface area contributed by atoms with E-state index in [4.69, 9.17) is 16.3 Å². The Kier molecular flexibility index (Phi) is 5.36. The molecule has 0 aliphatic heterocycles. The second kappa shape index (κ2) is 8.07. The van der Waals surface area contributed by atoms with Gasteiger partial charge in [0, 0.05) is 5.69 Å². The fourth-order valence-electron chi connectivity index (χ4n) is 3.83. The maximum Gasteiger partial charge on any atom is 0.257 e. The van der Waals surface area contributed by atoms with Crippen LogP contribution in [0.5, 0.6) is 5.75 Å². The zero-order valence-corrected chi connectivity index (χ0v) is 16.6. The second-order valence-corrected chi connectivity index (χ2v) is 7.38. The molecule has 0 heterocycles. The summed E-state index contributed by atoms with van der Waals surface area (Å²) in [5, 5.41) is 3.23. The van der Waals surface area contributed by atoms with Gasteiger partial charge in [-0.3, -0.25) is 4.79 Å². The monoisotopic (exact) mass is 391 g/mol. The van der Waals surface area contributed by atoms with Crippen molar-refractivity contribution in [3.05, 3.63) is 82.4 Å². The Morgan fingerprint density at radius 1 is 0.964 bits per heavy atom. The summed E-state index contributed by atoms with van der Waals surface area (Å²) in [4.78, 5) is 12.6. The minimum atomic E-state index is -0.256. The molecule has 1 aliphatic carbocycles. The molecule has 0 aromatic heterocycles. The number of halogens is 1. The highest BCUT2D eigenvalue weighted by Crippen LogP contribution is 2.32. The summed E-state index contributed by atoms with van der Waals surface area (Å²) in [5.41, 5.74) is 6.53. The minimum absolute atomic E-state index is 0.256. The largest absolute Gasteiger partial charge is 0.495 e. The van der Waals surface area contributed by atoms with Crippen LogP contribution >= 0.6 is 11.6 Å². The molecular weight excluding hydrogens is 370 g/mol. The lowest BCUT2D eigenvalue weighted by Crippen LogP contribution is -2.12. The molecule has 1 aliphatic rings. The maximum absolute atomic E-state index is 12.6. The average molecular weight is 392 g/mol. The molecule has 0 atom stereocenters. The number of anilines is 1. The summed E-state index contributed by atoms with van der Waals surface area (Å²) >= 11 is 6.26. The van der Waals surface area contributed by atoms with Crippen molar-refractivity contribution in [1.29, 1.82) is 0 Å². The summed E-state index contributed by atoms with van der Waals surface area (Å²) in [6, 6.07) is 19.7. The van der Waals surface area contributed by atoms with E-state index in [9.17, 15) is 4.79 Å². The molecule has 0 unspecified atom stereocenters. The Hall–Kier alpha value is -2.78. The summed E-state index contributed by atoms with van der Waals surface area (Å²) in [7, 11) is 1.53. The van der Waals surface area contributed by atoms with Crippen LogP contribution in [0.15, 0.2) is 60.7 Å². The van der Waals surface area contributed by atoms with Crippen LogP contribution in [0.4, 0.5) is 5.69 Å². The molecule has 142 valence electrons. The third-order valence-corrected chi connectivity index (χ3v) is 5.67. The fraction of sp³-hybridized carbons (Fsp3) is 0.208. The van der Waals surface area contributed by atoms with Gasteiger partial charge in [0.25, 0.3) is 5.91 Å². The molecule has 1 amide bonds. The zero-order chi connectivity index (χ0) is 19.5. The summed E-state index contributed by atoms with van der Waals surface area (Å²) in [6.07, 6.45) is 4.82. The van der Waals surface area contributed by atoms with Gasteiger partial charge in [-0.2, -0.15) is 0 Å². The number of hydrogen-bond acceptors (Lipinski definition) is 2. The van der Waals surface area contributed by atoms with Gasteiger partial charge < -0.3 is 10.1 Å². The smallest absolute Gasteiger partial charge is 0.257 e. The van der Waals surface area contributed by atoms with E-state index in [-0.39, 0.29) is 5.91 Å². The van der Waals surface area contributed by atoms with Gasteiger partial charge in [-0.05, 0) is 72.2 Å². The maximum atomic E-state index is 12.6. The van der Waals surface area contributed by atoms with E-state index in [1.54, 1.807) is 18.2 Å². The number of benzene rings is 3. The summed E-state index contributed by atoms with van der Waals surface area (Å²) < 4.78 is 5.18. The lowest BCUT2D eigenvalue weighted by atomic mass is 9.86. The van der Waals surface area contributed by atoms with Crippen molar-refractivity contribution in [3.8, 4) is 16.9 Å². The molecule has 0 saturated carbocycles. The van der Waals surface area contributed by atoms with Crippen molar-refractivity contribution in [2.24, 2.45) is 0 Å². The van der Waals surface area contributed by atoms with Gasteiger partial charge in [0.05, 0.1) is 17.7 Å². The van der Waals surface area contributed by atoms with Crippen molar-refractivity contribution < 1.29 is 9.53 Å². The number of carbonyl (C=O) groups is 1. The van der Waals surface area contributed by atoms with Crippen LogP contribution in [0.25, 0.3) is 11.1 Å². The van der Waals surface area contributed by atoms with Crippen LogP contribution in [0.3, 0.4) is 0 Å². The molecule has 3 aromatic rings. The lowest BCUT2D eigenvalue weighted by molar-refractivity contribution is 0.102. The molecule has 3 nitrogen and oxygen atoms in total. The number of carbonyl (C=O) groups excluding carboxylic acids is 1. The number of hydrogen-bond donors (Lipinski definition) is 1. The molecule has 4 heteroatoms. The molecule has 0 fully saturated rings. The van der Waals surface area contributed by atoms with E-state index in [0.29, 0.717) is 16.3 Å². The Morgan fingerprint density at radius 2 is 1.71 bits per heavy atom. The lowest BCUT2D eigenvalue weighted by Gasteiger charge is -2.19. The van der Waals surface area contributed by atoms with Gasteiger partial charge in [0.1, 0.15) is 5.75 Å². The van der Waals surface area contributed by atoms with E-state index in [0.717, 1.165) is 12.1 Å². The molecule has 1 N–H and O–H groups in total. The molecule has 28 heavy (non-hydrogen) atoms. The first-order valence-corrected chi connectivity index (χ1v) is 9.90. The van der Waals surface area contributed by atoms with Gasteiger partial charge in [-0.1, -0.05) is 48.0 Å². The highest BCUT2D eigenvalue weighted by atomic mass is 35.5. The minimum Gasteiger partial charge on any atom is -0.495 e. The van der Waals surface area contributed by atoms with E-state index >= 15 is 0 Å². The first kappa shape index (κ1) is 18.6. The van der Waals surface area contributed by atoms with Gasteiger partial charge in [0.2, 0.25) is 0 Å². The highest BCUT2D eigenvalue weighted by Gasteiger charge is 2.16. The van der Waals surface area contributed by atoms with Crippen LogP contribution in [0.1, 0.15) is 34.3 Å². The molecule has 0 bridgehead atoms. The van der Waals surface area contributed by atoms with E-state index in [1.807, 2.05) is 12.1 Å². The number of aryl methyl sites for hydroxylation is 1. The summed E-state index contributed by atoms with van der Waals surface area (Å²) in [6.45, 7) is 0. The quantitative estimate of drug-likeness (QED) is 0.579. The number of methoxy groups -OCH3 is 1. The number of ether oxygens (including phenoxy) is 1. The van der Waals surface area contributed by atoms with Crippen LogP contribution in [-0.2, 0) is 12.8 Å². The topological polar surface area (TPSA) is 38.3 Å². The molecule has 0 spiro atoms. The Balaban J connectivity index is 1.56. The van der Waals surface area contributed by atoms with Crippen LogP contribution in [0, 0.1) is 0 Å². The fourth-order valence-corrected chi connectivity index (χ4v) is 4.12. The standard InChI is InChI=1S/C24H22ClNO2/c1-28-22-11-5-10-21(23(22)25)24(27)26-18-14-12-17(13-15-18)20-9-4-7-16-6-2-3-8-19(16)20/h4-5,7,9-15H,2-3,6,8H2,1H3,(H,26,27). The number of nitrogens with one attached hydrogen (secondary N) is 1. The third kappa shape index (κ3) is 3.63. The van der Waals surface area contributed by atoms with Crippen molar-refractivity contribution in [3.63, 3.8) is 0 Å². The second-order valence-electron chi connectivity index (χ2n) is 7.00. The van der Waals surface area contributed by atoms with E-state index < -0.39 is 0 Å². The normalized spacial score (nSPS) is 12.9. The van der Waals surface area contributed by atoms with Gasteiger partial charge in [-0.25, -0.2) is 0 Å². The molecule has 4 rings (SSSR count). The number of amides is 1. The van der Waals surface area contributed by atoms with Crippen LogP contribution < -0.4 is 10.1 Å². The van der Waals surface area contributed by atoms with Crippen molar-refractivity contribution in [1.82, 2.24) is 0 Å². The van der Waals surface area contributed by atoms with Crippen molar-refractivity contribution in [2.45, 2.75) is 25.7 Å². The molecule has 0 saturated heterocycles. The summed E-state index contributed by atoms with van der Waals surface area (Å²) in [5.74, 6) is 0.229. The van der Waals surface area contributed by atoms with Crippen molar-refractivity contribution in [2.75, 3.05) is 12.4 Å². The molecule has 3 aromatic carbocycles. The predicted molar refractivity (Wildman–Crippen MR) is 114 cm³/mol. The van der Waals surface area contributed by atoms with E-state index in [1.165, 1.54) is 48.6 Å². The average Bonchev–Trinajstić information content (AvgIpc) is 2.74. The number of rotatable bonds is 4. The Morgan fingerprint density at radius 3 is 2.50 bits per heavy atom. The van der Waals surface area contributed by atoms with Gasteiger partial charge >= 0.3 is 0 Å². The van der Waals surface area contributed by atoms with E-state index in [2.05, 4.69) is 35.6 Å². The van der Waals surface area contributed by atoms with Gasteiger partial charge in [-0.15, -0.1) is 0 Å². The molecular formula is C24H22ClNO2. The SMILES string of the molecule is COc1cccc(C(=O)Nc2ccc(-c3cccc4c3CCCC4)cc2)c1Cl. The predicted octanol–water partition coefficient (Wildman–Crippen LogP) is 6.15. The highest BCUT2D eigenvalue weighted by molar-refractivity contribution is 6.35. The van der Waals surface area contributed by atoms with Gasteiger partial charge in [0.15, 0.2) is 0 Å². The third-order valence-electron chi connectivity index (χ3n) is 5.28.